The summed E-state index contributed by atoms with van der Waals surface area (Å²) in [6.07, 6.45) is 2.76. The largest absolute Gasteiger partial charge is 0.339 e. The summed E-state index contributed by atoms with van der Waals surface area (Å²) in [5, 5.41) is 8.29. The van der Waals surface area contributed by atoms with Gasteiger partial charge in [0.05, 0.1) is 24.1 Å². The molecule has 0 unspecified atom stereocenters. The Bertz CT molecular complexity index is 1410. The number of aromatic nitrogens is 2. The monoisotopic (exact) mass is 534 g/mol. The molecule has 0 bridgehead atoms. The molecule has 1 N–H and O–H groups in total. The van der Waals surface area contributed by atoms with Crippen molar-refractivity contribution >= 4 is 46.5 Å². The molecule has 0 saturated carbocycles. The highest BCUT2D eigenvalue weighted by Crippen LogP contribution is 2.38. The van der Waals surface area contributed by atoms with Crippen LogP contribution in [0, 0.1) is 6.92 Å². The molecule has 1 aromatic heterocycles. The van der Waals surface area contributed by atoms with Crippen LogP contribution in [0.1, 0.15) is 40.4 Å². The number of nitrogens with zero attached hydrogens (tertiary/aromatic N) is 5. The van der Waals surface area contributed by atoms with E-state index >= 15 is 0 Å². The average Bonchev–Trinajstić information content (AvgIpc) is 3.15. The van der Waals surface area contributed by atoms with Gasteiger partial charge >= 0.3 is 0 Å². The zero-order chi connectivity index (χ0) is 27.0. The molecule has 2 aliphatic heterocycles. The summed E-state index contributed by atoms with van der Waals surface area (Å²) in [6, 6.07) is 11.1. The first kappa shape index (κ1) is 25.8. The molecule has 1 saturated heterocycles. The van der Waals surface area contributed by atoms with Gasteiger partial charge in [-0.15, -0.1) is 0 Å². The van der Waals surface area contributed by atoms with Crippen LogP contribution < -0.4 is 10.2 Å². The zero-order valence-electron chi connectivity index (χ0n) is 21.8. The van der Waals surface area contributed by atoms with Crippen molar-refractivity contribution in [3.05, 3.63) is 69.9 Å². The van der Waals surface area contributed by atoms with Crippen molar-refractivity contribution < 1.29 is 14.4 Å². The van der Waals surface area contributed by atoms with Gasteiger partial charge in [-0.1, -0.05) is 17.7 Å². The number of fused-ring (bicyclic) bond motifs is 2. The summed E-state index contributed by atoms with van der Waals surface area (Å²) in [5.74, 6) is 0.836. The van der Waals surface area contributed by atoms with Crippen LogP contribution in [0.4, 0.5) is 17.2 Å². The van der Waals surface area contributed by atoms with Crippen molar-refractivity contribution in [2.24, 2.45) is 7.05 Å². The van der Waals surface area contributed by atoms with E-state index in [1.54, 1.807) is 33.7 Å². The Kier molecular flexibility index (Phi) is 7.12. The van der Waals surface area contributed by atoms with Gasteiger partial charge in [-0.25, -0.2) is 0 Å². The van der Waals surface area contributed by atoms with Gasteiger partial charge in [0, 0.05) is 62.7 Å². The number of halogens is 1. The fraction of sp³-hybridized carbons (Fsp3) is 0.357. The fourth-order valence-electron chi connectivity index (χ4n) is 5.10. The molecule has 10 heteroatoms. The molecule has 1 fully saturated rings. The molecule has 5 rings (SSSR count). The molecule has 198 valence electrons. The number of nitrogens with one attached hydrogen (secondary N) is 1. The van der Waals surface area contributed by atoms with Gasteiger partial charge in [-0.3, -0.25) is 19.1 Å². The number of rotatable bonds is 4. The molecular weight excluding hydrogens is 504 g/mol. The van der Waals surface area contributed by atoms with Crippen molar-refractivity contribution in [1.29, 1.82) is 0 Å². The van der Waals surface area contributed by atoms with Crippen LogP contribution in [0.2, 0.25) is 5.02 Å². The number of piperazine rings is 1. The predicted octanol–water partition coefficient (Wildman–Crippen LogP) is 3.91. The molecule has 0 aliphatic carbocycles. The average molecular weight is 535 g/mol. The minimum absolute atomic E-state index is 0.0481. The number of aryl methyl sites for hydroxylation is 3. The summed E-state index contributed by atoms with van der Waals surface area (Å²) < 4.78 is 1.75. The Morgan fingerprint density at radius 2 is 1.76 bits per heavy atom. The van der Waals surface area contributed by atoms with Crippen LogP contribution in [0.3, 0.4) is 0 Å². The lowest BCUT2D eigenvalue weighted by Crippen LogP contribution is -2.50. The molecule has 3 heterocycles. The Balaban J connectivity index is 1.30. The molecule has 0 spiro atoms. The van der Waals surface area contributed by atoms with E-state index in [1.807, 2.05) is 49.2 Å². The SMILES string of the molecule is CC(=O)N1CCN(C(=O)CCc2ccc(C(=O)N3Cc4cnn(C)c4Nc4cc(Cl)ccc43)cc2C)CC1. The standard InChI is InChI=1S/C28H31ClN6O3/c1-18-14-21(5-4-20(18)6-9-26(37)34-12-10-33(11-13-34)19(2)36)28(38)35-17-22-16-30-32(3)27(22)31-24-15-23(29)7-8-25(24)35/h4-5,7-8,14-16,31H,6,9-13,17H2,1-3H3. The van der Waals surface area contributed by atoms with Gasteiger partial charge in [0.2, 0.25) is 11.8 Å². The van der Waals surface area contributed by atoms with Crippen LogP contribution in [0.5, 0.6) is 0 Å². The maximum Gasteiger partial charge on any atom is 0.258 e. The molecule has 38 heavy (non-hydrogen) atoms. The number of carbonyl (C=O) groups is 3. The van der Waals surface area contributed by atoms with Gasteiger partial charge in [0.1, 0.15) is 5.82 Å². The Morgan fingerprint density at radius 3 is 2.47 bits per heavy atom. The van der Waals surface area contributed by atoms with E-state index in [4.69, 9.17) is 11.6 Å². The van der Waals surface area contributed by atoms with Crippen LogP contribution in [0.25, 0.3) is 0 Å². The fourth-order valence-corrected chi connectivity index (χ4v) is 5.28. The first-order valence-electron chi connectivity index (χ1n) is 12.7. The molecule has 2 aliphatic rings. The van der Waals surface area contributed by atoms with Gasteiger partial charge in [0.25, 0.3) is 5.91 Å². The van der Waals surface area contributed by atoms with Crippen LogP contribution in [-0.2, 0) is 29.6 Å². The van der Waals surface area contributed by atoms with Crippen molar-refractivity contribution in [2.75, 3.05) is 36.4 Å². The summed E-state index contributed by atoms with van der Waals surface area (Å²) in [6.45, 7) is 6.21. The van der Waals surface area contributed by atoms with E-state index < -0.39 is 0 Å². The van der Waals surface area contributed by atoms with E-state index in [0.29, 0.717) is 56.2 Å². The lowest BCUT2D eigenvalue weighted by molar-refractivity contribution is -0.138. The van der Waals surface area contributed by atoms with E-state index in [0.717, 1.165) is 33.9 Å². The number of anilines is 3. The van der Waals surface area contributed by atoms with E-state index in [9.17, 15) is 14.4 Å². The summed E-state index contributed by atoms with van der Waals surface area (Å²) in [7, 11) is 1.85. The van der Waals surface area contributed by atoms with Gasteiger partial charge in [-0.05, 0) is 54.8 Å². The first-order chi connectivity index (χ1) is 18.2. The van der Waals surface area contributed by atoms with Crippen LogP contribution in [0.15, 0.2) is 42.6 Å². The van der Waals surface area contributed by atoms with Crippen LogP contribution >= 0.6 is 11.6 Å². The first-order valence-corrected chi connectivity index (χ1v) is 13.1. The topological polar surface area (TPSA) is 90.8 Å². The molecular formula is C28H31ClN6O3. The van der Waals surface area contributed by atoms with Crippen molar-refractivity contribution in [3.8, 4) is 0 Å². The van der Waals surface area contributed by atoms with Crippen molar-refractivity contribution in [3.63, 3.8) is 0 Å². The van der Waals surface area contributed by atoms with E-state index in [1.165, 1.54) is 0 Å². The zero-order valence-corrected chi connectivity index (χ0v) is 22.6. The second-order valence-corrected chi connectivity index (χ2v) is 10.3. The normalized spacial score (nSPS) is 14.9. The summed E-state index contributed by atoms with van der Waals surface area (Å²) in [5.41, 5.74) is 4.97. The van der Waals surface area contributed by atoms with Crippen molar-refractivity contribution in [2.45, 2.75) is 33.2 Å². The number of benzene rings is 2. The minimum Gasteiger partial charge on any atom is -0.339 e. The molecule has 9 nitrogen and oxygen atoms in total. The molecule has 0 radical (unpaired) electrons. The number of hydrogen-bond donors (Lipinski definition) is 1. The third kappa shape index (κ3) is 5.11. The summed E-state index contributed by atoms with van der Waals surface area (Å²) in [4.78, 5) is 43.4. The number of amides is 3. The quantitative estimate of drug-likeness (QED) is 0.548. The lowest BCUT2D eigenvalue weighted by Gasteiger charge is -2.34. The second-order valence-electron chi connectivity index (χ2n) is 9.85. The lowest BCUT2D eigenvalue weighted by atomic mass is 10.00. The third-order valence-electron chi connectivity index (χ3n) is 7.37. The van der Waals surface area contributed by atoms with Gasteiger partial charge < -0.3 is 20.0 Å². The highest BCUT2D eigenvalue weighted by atomic mass is 35.5. The Morgan fingerprint density at radius 1 is 1.03 bits per heavy atom. The Hall–Kier alpha value is -3.85. The smallest absolute Gasteiger partial charge is 0.258 e. The third-order valence-corrected chi connectivity index (χ3v) is 7.60. The summed E-state index contributed by atoms with van der Waals surface area (Å²) >= 11 is 6.27. The molecule has 3 amide bonds. The second kappa shape index (κ2) is 10.5. The van der Waals surface area contributed by atoms with Crippen LogP contribution in [-0.4, -0.2) is 63.5 Å². The maximum absolute atomic E-state index is 13.8. The highest BCUT2D eigenvalue weighted by molar-refractivity contribution is 6.31. The van der Waals surface area contributed by atoms with Gasteiger partial charge in [-0.2, -0.15) is 5.10 Å². The number of hydrogen-bond acceptors (Lipinski definition) is 5. The Labute approximate surface area is 227 Å². The molecule has 3 aromatic rings. The van der Waals surface area contributed by atoms with E-state index in [-0.39, 0.29) is 17.7 Å². The molecule has 2 aromatic carbocycles. The predicted molar refractivity (Wildman–Crippen MR) is 147 cm³/mol. The number of carbonyl (C=O) groups excluding carboxylic acids is 3. The van der Waals surface area contributed by atoms with Crippen molar-refractivity contribution in [1.82, 2.24) is 19.6 Å². The highest BCUT2D eigenvalue weighted by Gasteiger charge is 2.27. The minimum atomic E-state index is -0.124. The van der Waals surface area contributed by atoms with E-state index in [2.05, 4.69) is 10.4 Å². The molecule has 0 atom stereocenters. The van der Waals surface area contributed by atoms with Gasteiger partial charge in [0.15, 0.2) is 0 Å². The maximum atomic E-state index is 13.8.